The maximum Gasteiger partial charge on any atom is 0.142 e. The van der Waals surface area contributed by atoms with Crippen molar-refractivity contribution < 1.29 is 9.59 Å². The molecule has 0 unspecified atom stereocenters. The molecule has 0 saturated heterocycles. The van der Waals surface area contributed by atoms with E-state index < -0.39 is 0 Å². The Morgan fingerprint density at radius 3 is 1.42 bits per heavy atom. The quantitative estimate of drug-likeness (QED) is 0.312. The van der Waals surface area contributed by atoms with E-state index in [0.717, 1.165) is 0 Å². The topological polar surface area (TPSA) is 34.1 Å². The first-order valence-corrected chi connectivity index (χ1v) is 3.97. The van der Waals surface area contributed by atoms with Gasteiger partial charge in [-0.3, -0.25) is 9.59 Å². The fourth-order valence-corrected chi connectivity index (χ4v) is 0.753. The molecule has 0 aliphatic carbocycles. The molecule has 0 amide bonds. The number of aldehydes is 2. The second-order valence-electron chi connectivity index (χ2n) is 1.76. The lowest BCUT2D eigenvalue weighted by molar-refractivity contribution is -0.104. The number of carbonyl (C=O) groups excluding carboxylic acids is 2. The van der Waals surface area contributed by atoms with Crippen molar-refractivity contribution in [3.63, 3.8) is 0 Å². The third-order valence-electron chi connectivity index (χ3n) is 0.928. The number of hydrogen-bond acceptors (Lipinski definition) is 4. The van der Waals surface area contributed by atoms with Crippen molar-refractivity contribution >= 4 is 37.8 Å². The van der Waals surface area contributed by atoms with Gasteiger partial charge in [-0.1, -0.05) is 0 Å². The molecular formula is C8H8O2S2. The van der Waals surface area contributed by atoms with Crippen LogP contribution in [0.2, 0.25) is 0 Å². The van der Waals surface area contributed by atoms with Gasteiger partial charge in [-0.25, -0.2) is 0 Å². The Bertz CT molecular complexity index is 226. The summed E-state index contributed by atoms with van der Waals surface area (Å²) in [5.41, 5.74) is 0. The summed E-state index contributed by atoms with van der Waals surface area (Å²) in [4.78, 5) is 20.9. The average molecular weight is 200 g/mol. The largest absolute Gasteiger partial charge is 0.299 e. The molecule has 0 radical (unpaired) electrons. The molecule has 0 aliphatic rings. The molecule has 0 rings (SSSR count). The van der Waals surface area contributed by atoms with Crippen molar-refractivity contribution in [1.82, 2.24) is 0 Å². The summed E-state index contributed by atoms with van der Waals surface area (Å²) in [6.45, 7) is 0. The lowest BCUT2D eigenvalue weighted by Crippen LogP contribution is -1.71. The summed E-state index contributed by atoms with van der Waals surface area (Å²) in [5.74, 6) is 0. The number of rotatable bonds is 4. The molecule has 0 spiro atoms. The third-order valence-corrected chi connectivity index (χ3v) is 1.88. The van der Waals surface area contributed by atoms with Crippen LogP contribution >= 0.6 is 25.3 Å². The van der Waals surface area contributed by atoms with Gasteiger partial charge in [-0.15, -0.1) is 25.3 Å². The molecular weight excluding hydrogens is 192 g/mol. The van der Waals surface area contributed by atoms with Crippen LogP contribution in [0.3, 0.4) is 0 Å². The fraction of sp³-hybridized carbons (Fsp3) is 0. The van der Waals surface area contributed by atoms with Gasteiger partial charge < -0.3 is 0 Å². The SMILES string of the molecule is O=C\C=C/C(S)=C(S)/C=C\C=O. The monoisotopic (exact) mass is 200 g/mol. The minimum Gasteiger partial charge on any atom is -0.299 e. The minimum absolute atomic E-state index is 0.531. The highest BCUT2D eigenvalue weighted by atomic mass is 32.1. The molecule has 0 atom stereocenters. The molecule has 0 bridgehead atoms. The summed E-state index contributed by atoms with van der Waals surface area (Å²) >= 11 is 8.04. The van der Waals surface area contributed by atoms with Gasteiger partial charge in [0, 0.05) is 9.81 Å². The highest BCUT2D eigenvalue weighted by molar-refractivity contribution is 7.88. The summed E-state index contributed by atoms with van der Waals surface area (Å²) in [5, 5.41) is 0. The Kier molecular flexibility index (Phi) is 6.51. The summed E-state index contributed by atoms with van der Waals surface area (Å²) < 4.78 is 0. The number of hydrogen-bond donors (Lipinski definition) is 2. The van der Waals surface area contributed by atoms with Crippen LogP contribution in [0.4, 0.5) is 0 Å². The minimum atomic E-state index is 0.531. The molecule has 0 N–H and O–H groups in total. The maximum absolute atomic E-state index is 9.90. The van der Waals surface area contributed by atoms with Crippen molar-refractivity contribution in [2.75, 3.05) is 0 Å². The molecule has 0 saturated carbocycles. The molecule has 64 valence electrons. The molecule has 0 aromatic heterocycles. The number of carbonyl (C=O) groups is 2. The van der Waals surface area contributed by atoms with Gasteiger partial charge in [0.15, 0.2) is 0 Å². The smallest absolute Gasteiger partial charge is 0.142 e. The molecule has 12 heavy (non-hydrogen) atoms. The molecule has 4 heteroatoms. The van der Waals surface area contributed by atoms with Crippen molar-refractivity contribution in [3.8, 4) is 0 Å². The second kappa shape index (κ2) is 6.94. The van der Waals surface area contributed by atoms with Crippen LogP contribution in [0, 0.1) is 0 Å². The van der Waals surface area contributed by atoms with Crippen LogP contribution < -0.4 is 0 Å². The van der Waals surface area contributed by atoms with E-state index in [1.54, 1.807) is 0 Å². The molecule has 0 heterocycles. The molecule has 0 fully saturated rings. The standard InChI is InChI=1S/C8H8O2S2/c9-5-1-3-7(11)8(12)4-2-6-10/h1-6,11-12H/b3-1-,4-2-,8-7+. The fourth-order valence-electron chi connectivity index (χ4n) is 0.432. The van der Waals surface area contributed by atoms with Gasteiger partial charge in [0.1, 0.15) is 12.6 Å². The average Bonchev–Trinajstić information content (AvgIpc) is 2.10. The van der Waals surface area contributed by atoms with E-state index in [-0.39, 0.29) is 0 Å². The van der Waals surface area contributed by atoms with Crippen LogP contribution in [0.1, 0.15) is 0 Å². The lowest BCUT2D eigenvalue weighted by Gasteiger charge is -1.92. The van der Waals surface area contributed by atoms with Crippen LogP contribution in [-0.4, -0.2) is 12.6 Å². The summed E-state index contributed by atoms with van der Waals surface area (Å²) in [6.07, 6.45) is 6.86. The van der Waals surface area contributed by atoms with E-state index in [1.165, 1.54) is 24.3 Å². The van der Waals surface area contributed by atoms with E-state index in [4.69, 9.17) is 0 Å². The Balaban J connectivity index is 4.44. The van der Waals surface area contributed by atoms with Crippen molar-refractivity contribution in [2.45, 2.75) is 0 Å². The Morgan fingerprint density at radius 2 is 1.17 bits per heavy atom. The second-order valence-corrected chi connectivity index (χ2v) is 2.72. The van der Waals surface area contributed by atoms with E-state index in [2.05, 4.69) is 25.3 Å². The molecule has 0 aromatic carbocycles. The number of thiol groups is 2. The van der Waals surface area contributed by atoms with Crippen LogP contribution in [-0.2, 0) is 9.59 Å². The first-order valence-electron chi connectivity index (χ1n) is 3.08. The first kappa shape index (κ1) is 11.3. The van der Waals surface area contributed by atoms with Crippen molar-refractivity contribution in [2.24, 2.45) is 0 Å². The van der Waals surface area contributed by atoms with Gasteiger partial charge in [0.25, 0.3) is 0 Å². The van der Waals surface area contributed by atoms with E-state index in [1.807, 2.05) is 0 Å². The lowest BCUT2D eigenvalue weighted by atomic mass is 10.4. The van der Waals surface area contributed by atoms with Crippen molar-refractivity contribution in [1.29, 1.82) is 0 Å². The molecule has 2 nitrogen and oxygen atoms in total. The predicted molar refractivity (Wildman–Crippen MR) is 55.4 cm³/mol. The number of allylic oxidation sites excluding steroid dienone is 4. The maximum atomic E-state index is 9.90. The zero-order valence-corrected chi connectivity index (χ0v) is 7.96. The van der Waals surface area contributed by atoms with Crippen LogP contribution in [0.25, 0.3) is 0 Å². The van der Waals surface area contributed by atoms with E-state index in [9.17, 15) is 9.59 Å². The summed E-state index contributed by atoms with van der Waals surface area (Å²) in [7, 11) is 0. The Hall–Kier alpha value is -0.740. The van der Waals surface area contributed by atoms with Gasteiger partial charge >= 0.3 is 0 Å². The normalized spacial score (nSPS) is 13.5. The zero-order chi connectivity index (χ0) is 9.40. The third kappa shape index (κ3) is 4.98. The van der Waals surface area contributed by atoms with E-state index in [0.29, 0.717) is 22.4 Å². The molecule has 0 aliphatic heterocycles. The van der Waals surface area contributed by atoms with Crippen molar-refractivity contribution in [3.05, 3.63) is 34.1 Å². The van der Waals surface area contributed by atoms with Gasteiger partial charge in [0.05, 0.1) is 0 Å². The van der Waals surface area contributed by atoms with Gasteiger partial charge in [-0.05, 0) is 24.3 Å². The first-order chi connectivity index (χ1) is 5.72. The Labute approximate surface area is 81.9 Å². The van der Waals surface area contributed by atoms with Crippen LogP contribution in [0.15, 0.2) is 34.1 Å². The predicted octanol–water partition coefficient (Wildman–Crippen LogP) is 1.57. The Morgan fingerprint density at radius 1 is 0.833 bits per heavy atom. The van der Waals surface area contributed by atoms with E-state index >= 15 is 0 Å². The van der Waals surface area contributed by atoms with Crippen LogP contribution in [0.5, 0.6) is 0 Å². The highest BCUT2D eigenvalue weighted by Gasteiger charge is 1.88. The highest BCUT2D eigenvalue weighted by Crippen LogP contribution is 2.14. The molecule has 0 aromatic rings. The van der Waals surface area contributed by atoms with Gasteiger partial charge in [-0.2, -0.15) is 0 Å². The van der Waals surface area contributed by atoms with Gasteiger partial charge in [0.2, 0.25) is 0 Å². The summed E-state index contributed by atoms with van der Waals surface area (Å²) in [6, 6.07) is 0. The zero-order valence-electron chi connectivity index (χ0n) is 6.18.